The summed E-state index contributed by atoms with van der Waals surface area (Å²) >= 11 is 0. The minimum atomic E-state index is 0.494. The molecule has 0 fully saturated rings. The lowest BCUT2D eigenvalue weighted by Gasteiger charge is -2.12. The van der Waals surface area contributed by atoms with Gasteiger partial charge in [-0.05, 0) is 51.1 Å². The van der Waals surface area contributed by atoms with Crippen LogP contribution in [0, 0.1) is 0 Å². The first-order valence-corrected chi connectivity index (χ1v) is 19.3. The van der Waals surface area contributed by atoms with Crippen LogP contribution in [0.5, 0.6) is 0 Å². The number of aromatic nitrogens is 3. The van der Waals surface area contributed by atoms with Crippen LogP contribution in [0.25, 0.3) is 78.4 Å². The molecule has 0 saturated heterocycles. The molecule has 5 heteroatoms. The van der Waals surface area contributed by atoms with Crippen LogP contribution in [-0.4, -0.2) is 21.4 Å². The summed E-state index contributed by atoms with van der Waals surface area (Å²) in [5, 5.41) is 4.36. The highest BCUT2D eigenvalue weighted by Crippen LogP contribution is 2.31. The number of rotatable bonds is 10. The maximum absolute atomic E-state index is 5.10. The molecule has 0 N–H and O–H groups in total. The van der Waals surface area contributed by atoms with Gasteiger partial charge in [-0.2, -0.15) is 5.10 Å². The Kier molecular flexibility index (Phi) is 10.2. The number of benzene rings is 7. The molecule has 0 aliphatic carbocycles. The van der Waals surface area contributed by atoms with E-state index >= 15 is 0 Å². The van der Waals surface area contributed by atoms with Gasteiger partial charge in [0.15, 0.2) is 11.3 Å². The lowest BCUT2D eigenvalue weighted by molar-refractivity contribution is 0.789. The number of nitrogens with zero attached hydrogens (tertiary/aromatic N) is 5. The van der Waals surface area contributed by atoms with Gasteiger partial charge in [0.1, 0.15) is 0 Å². The Labute approximate surface area is 338 Å². The molecule has 5 nitrogen and oxygen atoms in total. The minimum absolute atomic E-state index is 0.494. The largest absolute Gasteiger partial charge is 0.261 e. The fourth-order valence-electron chi connectivity index (χ4n) is 7.18. The van der Waals surface area contributed by atoms with Crippen LogP contribution < -0.4 is 5.49 Å². The summed E-state index contributed by atoms with van der Waals surface area (Å²) in [4.78, 5) is 15.2. The molecule has 7 aromatic carbocycles. The third kappa shape index (κ3) is 7.83. The SMILES string of the molecule is C=Nn1cc(-c2ccccc2)cc(-c2ccccc2)/c1=N/Cc1ccc(-c2ccc(-c3cc(-c4ccc(-c5ccccc5)cc4)nc(-c4ccccc4)n3)cc2)cc1. The van der Waals surface area contributed by atoms with Crippen LogP contribution in [0.1, 0.15) is 5.56 Å². The highest BCUT2D eigenvalue weighted by molar-refractivity contribution is 5.76. The smallest absolute Gasteiger partial charge is 0.160 e. The van der Waals surface area contributed by atoms with Crippen molar-refractivity contribution in [2.45, 2.75) is 6.54 Å². The predicted octanol–water partition coefficient (Wildman–Crippen LogP) is 12.5. The maximum atomic E-state index is 5.10. The first-order chi connectivity index (χ1) is 28.7. The number of hydrogen-bond acceptors (Lipinski definition) is 4. The summed E-state index contributed by atoms with van der Waals surface area (Å²) in [5.41, 5.74) is 15.5. The highest BCUT2D eigenvalue weighted by Gasteiger charge is 2.13. The summed E-state index contributed by atoms with van der Waals surface area (Å²) in [5.74, 6) is 0.697. The summed E-state index contributed by atoms with van der Waals surface area (Å²) < 4.78 is 1.78. The average molecular weight is 746 g/mol. The van der Waals surface area contributed by atoms with Crippen molar-refractivity contribution in [2.75, 3.05) is 0 Å². The topological polar surface area (TPSA) is 55.4 Å². The van der Waals surface area contributed by atoms with E-state index in [9.17, 15) is 0 Å². The van der Waals surface area contributed by atoms with Crippen LogP contribution in [-0.2, 0) is 6.54 Å². The molecular formula is C53H39N5. The second-order valence-electron chi connectivity index (χ2n) is 14.0. The molecule has 0 spiro atoms. The van der Waals surface area contributed by atoms with E-state index in [-0.39, 0.29) is 0 Å². The van der Waals surface area contributed by atoms with E-state index in [2.05, 4.69) is 157 Å². The second-order valence-corrected chi connectivity index (χ2v) is 14.0. The molecule has 9 aromatic rings. The quantitative estimate of drug-likeness (QED) is 0.131. The maximum Gasteiger partial charge on any atom is 0.160 e. The van der Waals surface area contributed by atoms with Gasteiger partial charge in [0.2, 0.25) is 0 Å². The van der Waals surface area contributed by atoms with Crippen LogP contribution >= 0.6 is 0 Å². The Morgan fingerprint density at radius 3 is 1.28 bits per heavy atom. The van der Waals surface area contributed by atoms with Crippen molar-refractivity contribution in [2.24, 2.45) is 10.1 Å². The van der Waals surface area contributed by atoms with Gasteiger partial charge in [0, 0.05) is 40.7 Å². The molecule has 0 bridgehead atoms. The molecule has 0 atom stereocenters. The van der Waals surface area contributed by atoms with E-state index in [1.54, 1.807) is 4.68 Å². The molecule has 0 unspecified atom stereocenters. The second kappa shape index (κ2) is 16.5. The van der Waals surface area contributed by atoms with Gasteiger partial charge in [-0.15, -0.1) is 0 Å². The van der Waals surface area contributed by atoms with Gasteiger partial charge < -0.3 is 0 Å². The Morgan fingerprint density at radius 2 is 0.793 bits per heavy atom. The van der Waals surface area contributed by atoms with Gasteiger partial charge in [-0.1, -0.05) is 194 Å². The molecule has 0 amide bonds. The fraction of sp³-hybridized carbons (Fsp3) is 0.0189. The van der Waals surface area contributed by atoms with Gasteiger partial charge in [0.25, 0.3) is 0 Å². The van der Waals surface area contributed by atoms with E-state index in [0.717, 1.165) is 72.5 Å². The van der Waals surface area contributed by atoms with Crippen molar-refractivity contribution in [3.05, 3.63) is 224 Å². The van der Waals surface area contributed by atoms with Crippen molar-refractivity contribution >= 4 is 6.72 Å². The summed E-state index contributed by atoms with van der Waals surface area (Å²) in [7, 11) is 0. The normalized spacial score (nSPS) is 11.3. The molecule has 2 heterocycles. The first-order valence-electron chi connectivity index (χ1n) is 19.3. The van der Waals surface area contributed by atoms with Crippen molar-refractivity contribution in [3.8, 4) is 78.4 Å². The molecular weight excluding hydrogens is 707 g/mol. The lowest BCUT2D eigenvalue weighted by Crippen LogP contribution is -2.20. The Balaban J connectivity index is 0.989. The minimum Gasteiger partial charge on any atom is -0.261 e. The third-order valence-corrected chi connectivity index (χ3v) is 10.3. The Hall–Kier alpha value is -7.76. The monoisotopic (exact) mass is 745 g/mol. The molecule has 58 heavy (non-hydrogen) atoms. The predicted molar refractivity (Wildman–Crippen MR) is 239 cm³/mol. The molecule has 2 aromatic heterocycles. The third-order valence-electron chi connectivity index (χ3n) is 10.3. The highest BCUT2D eigenvalue weighted by atomic mass is 15.3. The van der Waals surface area contributed by atoms with E-state index < -0.39 is 0 Å². The van der Waals surface area contributed by atoms with Crippen molar-refractivity contribution in [3.63, 3.8) is 0 Å². The van der Waals surface area contributed by atoms with Crippen molar-refractivity contribution < 1.29 is 0 Å². The summed E-state index contributed by atoms with van der Waals surface area (Å²) in [6, 6.07) is 71.3. The zero-order valence-electron chi connectivity index (χ0n) is 31.9. The van der Waals surface area contributed by atoms with Gasteiger partial charge in [-0.25, -0.2) is 14.6 Å². The molecule has 0 aliphatic rings. The molecule has 0 aliphatic heterocycles. The average Bonchev–Trinajstić information content (AvgIpc) is 3.32. The lowest BCUT2D eigenvalue weighted by atomic mass is 10.00. The number of pyridine rings is 1. The van der Waals surface area contributed by atoms with Gasteiger partial charge in [-0.3, -0.25) is 4.99 Å². The molecule has 0 saturated carbocycles. The van der Waals surface area contributed by atoms with Gasteiger partial charge >= 0.3 is 0 Å². The molecule has 9 rings (SSSR count). The summed E-state index contributed by atoms with van der Waals surface area (Å²) in [6.07, 6.45) is 1.99. The van der Waals surface area contributed by atoms with Crippen LogP contribution in [0.2, 0.25) is 0 Å². The number of hydrogen-bond donors (Lipinski definition) is 0. The van der Waals surface area contributed by atoms with Crippen LogP contribution in [0.3, 0.4) is 0 Å². The Morgan fingerprint density at radius 1 is 0.397 bits per heavy atom. The van der Waals surface area contributed by atoms with Gasteiger partial charge in [0.05, 0.1) is 17.9 Å². The fourth-order valence-corrected chi connectivity index (χ4v) is 7.18. The van der Waals surface area contributed by atoms with Crippen molar-refractivity contribution in [1.29, 1.82) is 0 Å². The van der Waals surface area contributed by atoms with Crippen LogP contribution in [0.4, 0.5) is 0 Å². The van der Waals surface area contributed by atoms with E-state index in [1.165, 1.54) is 11.1 Å². The standard InChI is InChI=1S/C53H39N5/c1-54-58-37-48(40-16-8-3-9-17-40)34-49(44-18-10-4-11-19-44)53(58)55-36-38-22-24-41(25-23-38)43-28-32-46(33-29-43)51-35-50(56-52(57-51)47-20-12-5-13-21-47)45-30-26-42(27-31-45)39-14-6-2-7-15-39/h2-35,37H,1,36H2/b55-53-. The van der Waals surface area contributed by atoms with E-state index in [1.807, 2.05) is 66.9 Å². The van der Waals surface area contributed by atoms with E-state index in [4.69, 9.17) is 15.0 Å². The Bertz CT molecular complexity index is 2870. The van der Waals surface area contributed by atoms with Crippen LogP contribution in [0.15, 0.2) is 223 Å². The van der Waals surface area contributed by atoms with Crippen molar-refractivity contribution in [1.82, 2.24) is 14.6 Å². The molecule has 276 valence electrons. The first kappa shape index (κ1) is 35.9. The molecule has 0 radical (unpaired) electrons. The zero-order valence-corrected chi connectivity index (χ0v) is 31.9. The van der Waals surface area contributed by atoms with E-state index in [0.29, 0.717) is 12.4 Å². The summed E-state index contributed by atoms with van der Waals surface area (Å²) in [6.45, 7) is 4.38. The zero-order chi connectivity index (χ0) is 39.1.